The monoisotopic (exact) mass is 269 g/mol. The van der Waals surface area contributed by atoms with Crippen LogP contribution in [0, 0.1) is 5.92 Å². The molecule has 1 aromatic heterocycles. The zero-order chi connectivity index (χ0) is 13.7. The second kappa shape index (κ2) is 6.51. The molecule has 2 heterocycles. The maximum absolute atomic E-state index is 12.1. The maximum Gasteiger partial charge on any atom is 0.438 e. The highest BCUT2D eigenvalue weighted by atomic mass is 16.5. The van der Waals surface area contributed by atoms with Crippen molar-refractivity contribution in [3.63, 3.8) is 0 Å². The minimum absolute atomic E-state index is 0.0115. The van der Waals surface area contributed by atoms with Gasteiger partial charge in [-0.2, -0.15) is 0 Å². The van der Waals surface area contributed by atoms with E-state index in [2.05, 4.69) is 20.0 Å². The zero-order valence-electron chi connectivity index (χ0n) is 11.0. The van der Waals surface area contributed by atoms with Crippen LogP contribution in [0.2, 0.25) is 0 Å². The van der Waals surface area contributed by atoms with Crippen molar-refractivity contribution in [1.82, 2.24) is 15.5 Å². The van der Waals surface area contributed by atoms with Crippen LogP contribution < -0.4 is 11.1 Å². The van der Waals surface area contributed by atoms with E-state index in [-0.39, 0.29) is 17.9 Å². The molecule has 1 aromatic rings. The van der Waals surface area contributed by atoms with Crippen molar-refractivity contribution < 1.29 is 14.1 Å². The number of carbonyl (C=O) groups excluding carboxylic acids is 1. The molecule has 0 saturated carbocycles. The smallest absolute Gasteiger partial charge is 0.377 e. The summed E-state index contributed by atoms with van der Waals surface area (Å²) in [5, 5.41) is 6.39. The lowest BCUT2D eigenvalue weighted by atomic mass is 9.92. The standard InChI is InChI=1S/C12H19N3O4/c1-2-9-8(4-3-7-18-9)11(16)13-6-5-10-14-12(17)19-15-10/h8-9H,2-7H2,1H3,(H,13,16)(H,14,15,17). The molecule has 1 saturated heterocycles. The minimum Gasteiger partial charge on any atom is -0.377 e. The van der Waals surface area contributed by atoms with Gasteiger partial charge in [-0.3, -0.25) is 14.3 Å². The van der Waals surface area contributed by atoms with Crippen molar-refractivity contribution >= 4 is 5.91 Å². The van der Waals surface area contributed by atoms with E-state index in [1.807, 2.05) is 6.92 Å². The lowest BCUT2D eigenvalue weighted by Gasteiger charge is -2.30. The van der Waals surface area contributed by atoms with Crippen LogP contribution in [0.4, 0.5) is 0 Å². The van der Waals surface area contributed by atoms with E-state index < -0.39 is 5.76 Å². The molecular weight excluding hydrogens is 250 g/mol. The Hall–Kier alpha value is -1.63. The number of nitrogens with one attached hydrogen (secondary N) is 2. The van der Waals surface area contributed by atoms with Crippen molar-refractivity contribution in [2.24, 2.45) is 5.92 Å². The second-order valence-electron chi connectivity index (χ2n) is 4.65. The van der Waals surface area contributed by atoms with Crippen LogP contribution in [0.25, 0.3) is 0 Å². The van der Waals surface area contributed by atoms with Crippen LogP contribution >= 0.6 is 0 Å². The van der Waals surface area contributed by atoms with Crippen LogP contribution in [-0.2, 0) is 16.0 Å². The number of amides is 1. The molecule has 1 aliphatic heterocycles. The summed E-state index contributed by atoms with van der Waals surface area (Å²) in [5.74, 6) is -0.196. The maximum atomic E-state index is 12.1. The lowest BCUT2D eigenvalue weighted by molar-refractivity contribution is -0.134. The number of aromatic amines is 1. The summed E-state index contributed by atoms with van der Waals surface area (Å²) in [7, 11) is 0. The number of aromatic nitrogens is 2. The quantitative estimate of drug-likeness (QED) is 0.797. The fourth-order valence-electron chi connectivity index (χ4n) is 2.35. The predicted octanol–water partition coefficient (Wildman–Crippen LogP) is 0.227. The molecule has 2 rings (SSSR count). The fraction of sp³-hybridized carbons (Fsp3) is 0.750. The molecule has 19 heavy (non-hydrogen) atoms. The number of hydrogen-bond donors (Lipinski definition) is 2. The van der Waals surface area contributed by atoms with Crippen molar-refractivity contribution in [2.45, 2.75) is 38.7 Å². The molecule has 0 aliphatic carbocycles. The van der Waals surface area contributed by atoms with E-state index >= 15 is 0 Å². The van der Waals surface area contributed by atoms with Gasteiger partial charge in [-0.25, -0.2) is 4.79 Å². The topological polar surface area (TPSA) is 97.2 Å². The second-order valence-corrected chi connectivity index (χ2v) is 4.65. The molecule has 7 heteroatoms. The van der Waals surface area contributed by atoms with Crippen LogP contribution in [-0.4, -0.2) is 35.3 Å². The summed E-state index contributed by atoms with van der Waals surface area (Å²) in [5.41, 5.74) is 0. The Bertz CT molecular complexity index is 468. The minimum atomic E-state index is -0.576. The molecule has 106 valence electrons. The van der Waals surface area contributed by atoms with Gasteiger partial charge in [0.15, 0.2) is 5.82 Å². The Morgan fingerprint density at radius 3 is 3.11 bits per heavy atom. The number of rotatable bonds is 5. The molecule has 0 aromatic carbocycles. The highest BCUT2D eigenvalue weighted by Gasteiger charge is 2.30. The van der Waals surface area contributed by atoms with Crippen molar-refractivity contribution in [3.8, 4) is 0 Å². The number of carbonyl (C=O) groups is 1. The number of ether oxygens (including phenoxy) is 1. The third kappa shape index (κ3) is 3.66. The van der Waals surface area contributed by atoms with E-state index in [1.54, 1.807) is 0 Å². The van der Waals surface area contributed by atoms with Crippen LogP contribution in [0.15, 0.2) is 9.32 Å². The van der Waals surface area contributed by atoms with Gasteiger partial charge in [-0.15, -0.1) is 0 Å². The Balaban J connectivity index is 1.78. The summed E-state index contributed by atoms with van der Waals surface area (Å²) >= 11 is 0. The first-order chi connectivity index (χ1) is 9.20. The van der Waals surface area contributed by atoms with Gasteiger partial charge in [0.1, 0.15) is 0 Å². The molecule has 0 bridgehead atoms. The Labute approximate surface area is 110 Å². The van der Waals surface area contributed by atoms with E-state index in [0.717, 1.165) is 25.9 Å². The molecule has 2 atom stereocenters. The lowest BCUT2D eigenvalue weighted by Crippen LogP contribution is -2.41. The van der Waals surface area contributed by atoms with Gasteiger partial charge in [0.2, 0.25) is 5.91 Å². The molecule has 7 nitrogen and oxygen atoms in total. The molecule has 1 amide bonds. The Kier molecular flexibility index (Phi) is 4.73. The van der Waals surface area contributed by atoms with E-state index in [4.69, 9.17) is 4.74 Å². The molecule has 0 spiro atoms. The molecule has 2 N–H and O–H groups in total. The number of H-pyrrole nitrogens is 1. The van der Waals surface area contributed by atoms with Gasteiger partial charge in [0.05, 0.1) is 12.0 Å². The van der Waals surface area contributed by atoms with Crippen LogP contribution in [0.1, 0.15) is 32.0 Å². The summed E-state index contributed by atoms with van der Waals surface area (Å²) in [4.78, 5) is 25.2. The van der Waals surface area contributed by atoms with Gasteiger partial charge in [0, 0.05) is 19.6 Å². The van der Waals surface area contributed by atoms with Gasteiger partial charge in [0.25, 0.3) is 0 Å². The summed E-state index contributed by atoms with van der Waals surface area (Å²) < 4.78 is 9.97. The third-order valence-corrected chi connectivity index (χ3v) is 3.33. The first kappa shape index (κ1) is 13.8. The molecule has 1 aliphatic rings. The highest BCUT2D eigenvalue weighted by Crippen LogP contribution is 2.23. The zero-order valence-corrected chi connectivity index (χ0v) is 11.0. The number of nitrogens with zero attached hydrogens (tertiary/aromatic N) is 1. The van der Waals surface area contributed by atoms with Crippen molar-refractivity contribution in [2.75, 3.05) is 13.2 Å². The normalized spacial score (nSPS) is 23.2. The number of hydrogen-bond acceptors (Lipinski definition) is 5. The van der Waals surface area contributed by atoms with E-state index in [0.29, 0.717) is 18.8 Å². The largest absolute Gasteiger partial charge is 0.438 e. The molecular formula is C12H19N3O4. The summed E-state index contributed by atoms with van der Waals surface area (Å²) in [6.45, 7) is 3.19. The third-order valence-electron chi connectivity index (χ3n) is 3.33. The van der Waals surface area contributed by atoms with Gasteiger partial charge >= 0.3 is 5.76 Å². The average molecular weight is 269 g/mol. The molecule has 1 fully saturated rings. The van der Waals surface area contributed by atoms with E-state index in [1.165, 1.54) is 0 Å². The fourth-order valence-corrected chi connectivity index (χ4v) is 2.35. The Morgan fingerprint density at radius 1 is 1.58 bits per heavy atom. The van der Waals surface area contributed by atoms with Crippen LogP contribution in [0.3, 0.4) is 0 Å². The highest BCUT2D eigenvalue weighted by molar-refractivity contribution is 5.79. The van der Waals surface area contributed by atoms with Gasteiger partial charge in [-0.1, -0.05) is 12.1 Å². The predicted molar refractivity (Wildman–Crippen MR) is 66.6 cm³/mol. The van der Waals surface area contributed by atoms with Crippen LogP contribution in [0.5, 0.6) is 0 Å². The average Bonchev–Trinajstić information content (AvgIpc) is 2.84. The first-order valence-electron chi connectivity index (χ1n) is 6.65. The summed E-state index contributed by atoms with van der Waals surface area (Å²) in [6, 6.07) is 0. The van der Waals surface area contributed by atoms with Crippen molar-refractivity contribution in [3.05, 3.63) is 16.4 Å². The Morgan fingerprint density at radius 2 is 2.42 bits per heavy atom. The first-order valence-corrected chi connectivity index (χ1v) is 6.65. The molecule has 0 radical (unpaired) electrons. The SMILES string of the molecule is CCC1OCCCC1C(=O)NCCc1noc(=O)[nH]1. The summed E-state index contributed by atoms with van der Waals surface area (Å²) in [6.07, 6.45) is 3.09. The molecule has 2 unspecified atom stereocenters. The van der Waals surface area contributed by atoms with Crippen molar-refractivity contribution in [1.29, 1.82) is 0 Å². The van der Waals surface area contributed by atoms with Gasteiger partial charge < -0.3 is 10.1 Å². The van der Waals surface area contributed by atoms with E-state index in [9.17, 15) is 9.59 Å². The van der Waals surface area contributed by atoms with Gasteiger partial charge in [-0.05, 0) is 19.3 Å².